The first-order valence-electron chi connectivity index (χ1n) is 4.24. The van der Waals surface area contributed by atoms with Crippen LogP contribution in [0.15, 0.2) is 25.3 Å². The van der Waals surface area contributed by atoms with E-state index in [4.69, 9.17) is 0 Å². The Balaban J connectivity index is 0.000000215. The van der Waals surface area contributed by atoms with E-state index >= 15 is 0 Å². The Bertz CT molecular complexity index is 197. The highest BCUT2D eigenvalue weighted by Gasteiger charge is 1.93. The zero-order chi connectivity index (χ0) is 8.65. The highest BCUT2D eigenvalue weighted by Crippen LogP contribution is 1.90. The normalized spacial score (nSPS) is 13.8. The maximum Gasteiger partial charge on any atom is 0.0986 e. The molecular formula is C9H16ClN3. The van der Waals surface area contributed by atoms with Crippen LogP contribution in [0, 0.1) is 0 Å². The fourth-order valence-electron chi connectivity index (χ4n) is 1.00. The van der Waals surface area contributed by atoms with Crippen molar-refractivity contribution in [3.05, 3.63) is 25.3 Å². The molecule has 0 bridgehead atoms. The minimum absolute atomic E-state index is 0. The number of hydrogen-bond donors (Lipinski definition) is 1. The zero-order valence-corrected chi connectivity index (χ0v) is 8.46. The second kappa shape index (κ2) is 7.83. The van der Waals surface area contributed by atoms with E-state index in [1.807, 2.05) is 6.20 Å². The molecule has 1 aromatic heterocycles. The van der Waals surface area contributed by atoms with Gasteiger partial charge in [0.25, 0.3) is 0 Å². The summed E-state index contributed by atoms with van der Waals surface area (Å²) in [5.74, 6) is 0. The molecule has 1 aromatic rings. The number of imidazole rings is 1. The Hall–Kier alpha value is -0.800. The molecule has 13 heavy (non-hydrogen) atoms. The van der Waals surface area contributed by atoms with Gasteiger partial charge in [-0.3, -0.25) is 0 Å². The minimum atomic E-state index is 0. The Kier molecular flexibility index (Phi) is 7.35. The van der Waals surface area contributed by atoms with E-state index in [0.717, 1.165) is 0 Å². The molecule has 74 valence electrons. The van der Waals surface area contributed by atoms with Crippen molar-refractivity contribution in [3.8, 4) is 0 Å². The summed E-state index contributed by atoms with van der Waals surface area (Å²) in [6.07, 6.45) is 9.69. The van der Waals surface area contributed by atoms with Crippen LogP contribution in [0.1, 0.15) is 12.8 Å². The van der Waals surface area contributed by atoms with Gasteiger partial charge >= 0.3 is 0 Å². The van der Waals surface area contributed by atoms with Crippen molar-refractivity contribution in [1.82, 2.24) is 14.9 Å². The predicted molar refractivity (Wildman–Crippen MR) is 58.0 cm³/mol. The number of halogens is 1. The van der Waals surface area contributed by atoms with Crippen LogP contribution in [-0.4, -0.2) is 22.6 Å². The number of nitrogens with one attached hydrogen (secondary N) is 1. The summed E-state index contributed by atoms with van der Waals surface area (Å²) in [6, 6.07) is 0. The molecule has 0 spiro atoms. The van der Waals surface area contributed by atoms with Gasteiger partial charge in [-0.05, 0) is 25.9 Å². The molecule has 1 N–H and O–H groups in total. The third-order valence-electron chi connectivity index (χ3n) is 1.69. The van der Waals surface area contributed by atoms with Gasteiger partial charge in [0, 0.05) is 18.6 Å². The predicted octanol–water partition coefficient (Wildman–Crippen LogP) is 1.78. The van der Waals surface area contributed by atoms with E-state index in [1.54, 1.807) is 23.3 Å². The summed E-state index contributed by atoms with van der Waals surface area (Å²) >= 11 is 0. The maximum absolute atomic E-state index is 3.78. The summed E-state index contributed by atoms with van der Waals surface area (Å²) in [5.41, 5.74) is 0. The van der Waals surface area contributed by atoms with Crippen LogP contribution in [0.4, 0.5) is 0 Å². The summed E-state index contributed by atoms with van der Waals surface area (Å²) in [4.78, 5) is 3.78. The van der Waals surface area contributed by atoms with Crippen molar-refractivity contribution < 1.29 is 0 Å². The smallest absolute Gasteiger partial charge is 0.0986 e. The lowest BCUT2D eigenvalue weighted by Crippen LogP contribution is -2.03. The molecule has 0 radical (unpaired) electrons. The maximum atomic E-state index is 3.78. The van der Waals surface area contributed by atoms with Gasteiger partial charge < -0.3 is 9.88 Å². The summed E-state index contributed by atoms with van der Waals surface area (Å²) in [7, 11) is 0. The highest BCUT2D eigenvalue weighted by molar-refractivity contribution is 5.85. The molecule has 1 aliphatic rings. The monoisotopic (exact) mass is 201 g/mol. The van der Waals surface area contributed by atoms with Crippen LogP contribution in [0.25, 0.3) is 6.20 Å². The number of rotatable bonds is 1. The summed E-state index contributed by atoms with van der Waals surface area (Å²) < 4.78 is 1.78. The van der Waals surface area contributed by atoms with Gasteiger partial charge in [0.1, 0.15) is 0 Å². The number of aromatic nitrogens is 2. The summed E-state index contributed by atoms with van der Waals surface area (Å²) in [5, 5.41) is 3.22. The Morgan fingerprint density at radius 1 is 1.38 bits per heavy atom. The second-order valence-electron chi connectivity index (χ2n) is 2.65. The van der Waals surface area contributed by atoms with Crippen LogP contribution in [0.2, 0.25) is 0 Å². The molecule has 0 saturated carbocycles. The fraction of sp³-hybridized carbons (Fsp3) is 0.444. The van der Waals surface area contributed by atoms with E-state index in [0.29, 0.717) is 0 Å². The average Bonchev–Trinajstić information content (AvgIpc) is 2.81. The van der Waals surface area contributed by atoms with Crippen LogP contribution in [0.3, 0.4) is 0 Å². The van der Waals surface area contributed by atoms with Crippen LogP contribution < -0.4 is 5.32 Å². The molecule has 4 heteroatoms. The van der Waals surface area contributed by atoms with Crippen molar-refractivity contribution in [2.75, 3.05) is 13.1 Å². The van der Waals surface area contributed by atoms with Crippen molar-refractivity contribution >= 4 is 18.6 Å². The van der Waals surface area contributed by atoms with Gasteiger partial charge in [-0.1, -0.05) is 6.58 Å². The molecule has 0 amide bonds. The summed E-state index contributed by atoms with van der Waals surface area (Å²) in [6.45, 7) is 6.03. The highest BCUT2D eigenvalue weighted by atomic mass is 35.5. The fourth-order valence-corrected chi connectivity index (χ4v) is 1.00. The standard InChI is InChI=1S/C5H6N2.C4H9N.ClH/c1-2-7-4-3-6-5-7;1-2-4-5-3-1;/h2-5H,1H2;5H,1-4H2;1H. The lowest BCUT2D eigenvalue weighted by molar-refractivity contribution is 0.857. The van der Waals surface area contributed by atoms with Crippen molar-refractivity contribution in [3.63, 3.8) is 0 Å². The van der Waals surface area contributed by atoms with Crippen molar-refractivity contribution in [1.29, 1.82) is 0 Å². The third-order valence-corrected chi connectivity index (χ3v) is 1.69. The van der Waals surface area contributed by atoms with Crippen LogP contribution in [0.5, 0.6) is 0 Å². The van der Waals surface area contributed by atoms with Gasteiger partial charge in [0.15, 0.2) is 0 Å². The van der Waals surface area contributed by atoms with Crippen molar-refractivity contribution in [2.24, 2.45) is 0 Å². The first kappa shape index (κ1) is 12.2. The molecule has 0 aliphatic carbocycles. The van der Waals surface area contributed by atoms with Crippen molar-refractivity contribution in [2.45, 2.75) is 12.8 Å². The SMILES string of the molecule is C1CCNC1.C=Cn1ccnc1.Cl. The van der Waals surface area contributed by atoms with E-state index in [2.05, 4.69) is 16.9 Å². The van der Waals surface area contributed by atoms with Gasteiger partial charge in [-0.2, -0.15) is 0 Å². The molecule has 2 heterocycles. The quantitative estimate of drug-likeness (QED) is 0.751. The Morgan fingerprint density at radius 3 is 2.31 bits per heavy atom. The van der Waals surface area contributed by atoms with Gasteiger partial charge in [0.2, 0.25) is 0 Å². The molecule has 2 rings (SSSR count). The van der Waals surface area contributed by atoms with Gasteiger partial charge in [-0.25, -0.2) is 4.98 Å². The van der Waals surface area contributed by atoms with Gasteiger partial charge in [-0.15, -0.1) is 12.4 Å². The number of nitrogens with zero attached hydrogens (tertiary/aromatic N) is 2. The first-order valence-corrected chi connectivity index (χ1v) is 4.24. The first-order chi connectivity index (χ1) is 5.93. The van der Waals surface area contributed by atoms with Crippen LogP contribution >= 0.6 is 12.4 Å². The van der Waals surface area contributed by atoms with E-state index in [9.17, 15) is 0 Å². The molecule has 1 aliphatic heterocycles. The van der Waals surface area contributed by atoms with Crippen LogP contribution in [-0.2, 0) is 0 Å². The van der Waals surface area contributed by atoms with E-state index in [-0.39, 0.29) is 12.4 Å². The largest absolute Gasteiger partial charge is 0.317 e. The average molecular weight is 202 g/mol. The zero-order valence-electron chi connectivity index (χ0n) is 7.65. The molecule has 0 unspecified atom stereocenters. The molecule has 1 saturated heterocycles. The Morgan fingerprint density at radius 2 is 2.08 bits per heavy atom. The molecule has 0 aromatic carbocycles. The lowest BCUT2D eigenvalue weighted by Gasteiger charge is -1.80. The second-order valence-corrected chi connectivity index (χ2v) is 2.65. The molecule has 0 atom stereocenters. The molecule has 1 fully saturated rings. The number of hydrogen-bond acceptors (Lipinski definition) is 2. The molecule has 3 nitrogen and oxygen atoms in total. The Labute approximate surface area is 85.3 Å². The molecular weight excluding hydrogens is 186 g/mol. The van der Waals surface area contributed by atoms with E-state index in [1.165, 1.54) is 25.9 Å². The lowest BCUT2D eigenvalue weighted by atomic mass is 10.4. The van der Waals surface area contributed by atoms with E-state index < -0.39 is 0 Å². The third kappa shape index (κ3) is 5.44. The topological polar surface area (TPSA) is 29.9 Å². The minimum Gasteiger partial charge on any atom is -0.317 e. The van der Waals surface area contributed by atoms with Gasteiger partial charge in [0.05, 0.1) is 6.33 Å².